The molecule has 0 unspecified atom stereocenters. The quantitative estimate of drug-likeness (QED) is 0.797. The molecule has 2 aromatic rings. The summed E-state index contributed by atoms with van der Waals surface area (Å²) in [6.07, 6.45) is 2.20. The Kier molecular flexibility index (Phi) is 2.53. The van der Waals surface area contributed by atoms with E-state index in [-0.39, 0.29) is 0 Å². The van der Waals surface area contributed by atoms with Crippen molar-refractivity contribution in [3.8, 4) is 0 Å². The number of fused-ring (bicyclic) bond motifs is 1. The number of rotatable bonds is 2. The zero-order valence-electron chi connectivity index (χ0n) is 9.67. The fourth-order valence-corrected chi connectivity index (χ4v) is 2.17. The molecule has 2 rings (SSSR count). The van der Waals surface area contributed by atoms with E-state index in [0.29, 0.717) is 6.54 Å². The van der Waals surface area contributed by atoms with E-state index in [1.165, 1.54) is 27.6 Å². The first kappa shape index (κ1) is 10.2. The highest BCUT2D eigenvalue weighted by molar-refractivity contribution is 5.87. The van der Waals surface area contributed by atoms with Crippen molar-refractivity contribution in [2.24, 2.45) is 5.73 Å². The lowest BCUT2D eigenvalue weighted by molar-refractivity contribution is 0.732. The van der Waals surface area contributed by atoms with Crippen molar-refractivity contribution in [1.29, 1.82) is 0 Å². The first-order chi connectivity index (χ1) is 7.15. The van der Waals surface area contributed by atoms with E-state index in [9.17, 15) is 0 Å². The van der Waals surface area contributed by atoms with E-state index in [4.69, 9.17) is 5.73 Å². The molecule has 0 saturated heterocycles. The van der Waals surface area contributed by atoms with Gasteiger partial charge in [-0.3, -0.25) is 0 Å². The fraction of sp³-hybridized carbons (Fsp3) is 0.385. The van der Waals surface area contributed by atoms with Crippen LogP contribution in [0.2, 0.25) is 0 Å². The van der Waals surface area contributed by atoms with Crippen LogP contribution in [0.3, 0.4) is 0 Å². The van der Waals surface area contributed by atoms with Crippen molar-refractivity contribution < 1.29 is 0 Å². The van der Waals surface area contributed by atoms with Gasteiger partial charge in [0.2, 0.25) is 0 Å². The first-order valence-electron chi connectivity index (χ1n) is 5.41. The summed E-state index contributed by atoms with van der Waals surface area (Å²) in [4.78, 5) is 0. The largest absolute Gasteiger partial charge is 0.346 e. The predicted molar refractivity (Wildman–Crippen MR) is 65.2 cm³/mol. The minimum atomic E-state index is 0.691. The summed E-state index contributed by atoms with van der Waals surface area (Å²) in [5.74, 6) is 0. The summed E-state index contributed by atoms with van der Waals surface area (Å²) in [5.41, 5.74) is 11.0. The van der Waals surface area contributed by atoms with Crippen LogP contribution in [0.4, 0.5) is 0 Å². The summed E-state index contributed by atoms with van der Waals surface area (Å²) in [6, 6.07) is 4.40. The molecule has 15 heavy (non-hydrogen) atoms. The number of hydrogen-bond donors (Lipinski definition) is 1. The van der Waals surface area contributed by atoms with Gasteiger partial charge in [0.05, 0.1) is 5.52 Å². The molecule has 0 aliphatic carbocycles. The lowest BCUT2D eigenvalue weighted by Gasteiger charge is -2.07. The number of benzene rings is 1. The fourth-order valence-electron chi connectivity index (χ4n) is 2.17. The van der Waals surface area contributed by atoms with Gasteiger partial charge >= 0.3 is 0 Å². The molecule has 1 aromatic heterocycles. The van der Waals surface area contributed by atoms with Crippen molar-refractivity contribution in [2.45, 2.75) is 27.3 Å². The monoisotopic (exact) mass is 202 g/mol. The molecular formula is C13H18N2. The lowest BCUT2D eigenvalue weighted by atomic mass is 10.1. The Hall–Kier alpha value is -1.28. The summed E-state index contributed by atoms with van der Waals surface area (Å²) < 4.78 is 2.27. The van der Waals surface area contributed by atoms with Crippen LogP contribution in [0.25, 0.3) is 10.9 Å². The van der Waals surface area contributed by atoms with Crippen molar-refractivity contribution in [3.05, 3.63) is 35.0 Å². The lowest BCUT2D eigenvalue weighted by Crippen LogP contribution is -2.09. The highest BCUT2D eigenvalue weighted by Crippen LogP contribution is 2.25. The van der Waals surface area contributed by atoms with E-state index in [0.717, 1.165) is 6.54 Å². The Balaban J connectivity index is 2.77. The molecule has 80 valence electrons. The predicted octanol–water partition coefficient (Wildman–Crippen LogP) is 2.53. The second-order valence-electron chi connectivity index (χ2n) is 4.20. The zero-order chi connectivity index (χ0) is 11.0. The molecule has 0 fully saturated rings. The second-order valence-corrected chi connectivity index (χ2v) is 4.20. The maximum Gasteiger partial charge on any atom is 0.0515 e. The van der Waals surface area contributed by atoms with Gasteiger partial charge in [0.1, 0.15) is 0 Å². The Labute approximate surface area is 90.7 Å². The normalized spacial score (nSPS) is 11.2. The third-order valence-corrected chi connectivity index (χ3v) is 3.13. The summed E-state index contributed by atoms with van der Waals surface area (Å²) in [5, 5.41) is 1.35. The molecule has 0 aliphatic rings. The smallest absolute Gasteiger partial charge is 0.0515 e. The van der Waals surface area contributed by atoms with Gasteiger partial charge < -0.3 is 10.3 Å². The molecule has 0 aliphatic heterocycles. The molecule has 0 saturated carbocycles. The van der Waals surface area contributed by atoms with Crippen LogP contribution in [0.1, 0.15) is 16.7 Å². The number of aromatic nitrogens is 1. The van der Waals surface area contributed by atoms with Crippen LogP contribution in [0.15, 0.2) is 18.3 Å². The van der Waals surface area contributed by atoms with Crippen LogP contribution >= 0.6 is 0 Å². The topological polar surface area (TPSA) is 30.9 Å². The number of hydrogen-bond acceptors (Lipinski definition) is 1. The Morgan fingerprint density at radius 3 is 2.53 bits per heavy atom. The third kappa shape index (κ3) is 1.55. The molecule has 2 heteroatoms. The summed E-state index contributed by atoms with van der Waals surface area (Å²) in [6.45, 7) is 8.09. The van der Waals surface area contributed by atoms with Crippen molar-refractivity contribution >= 4 is 10.9 Å². The Bertz CT molecular complexity index is 495. The van der Waals surface area contributed by atoms with E-state index in [1.54, 1.807) is 0 Å². The summed E-state index contributed by atoms with van der Waals surface area (Å²) in [7, 11) is 0. The van der Waals surface area contributed by atoms with Gasteiger partial charge in [-0.05, 0) is 37.5 Å². The maximum atomic E-state index is 5.63. The van der Waals surface area contributed by atoms with Crippen LogP contribution < -0.4 is 5.73 Å². The van der Waals surface area contributed by atoms with Crippen molar-refractivity contribution in [1.82, 2.24) is 4.57 Å². The molecule has 0 amide bonds. The molecule has 1 aromatic carbocycles. The highest BCUT2D eigenvalue weighted by Gasteiger charge is 2.08. The average Bonchev–Trinajstić information content (AvgIpc) is 2.51. The zero-order valence-corrected chi connectivity index (χ0v) is 9.67. The molecule has 0 radical (unpaired) electrons. The van der Waals surface area contributed by atoms with Gasteiger partial charge in [-0.25, -0.2) is 0 Å². The average molecular weight is 202 g/mol. The molecular weight excluding hydrogens is 184 g/mol. The minimum absolute atomic E-state index is 0.691. The van der Waals surface area contributed by atoms with Crippen LogP contribution in [-0.4, -0.2) is 11.1 Å². The molecule has 0 bridgehead atoms. The minimum Gasteiger partial charge on any atom is -0.346 e. The van der Waals surface area contributed by atoms with Crippen molar-refractivity contribution in [3.63, 3.8) is 0 Å². The van der Waals surface area contributed by atoms with Gasteiger partial charge in [0.25, 0.3) is 0 Å². The molecule has 0 atom stereocenters. The van der Waals surface area contributed by atoms with E-state index < -0.39 is 0 Å². The standard InChI is InChI=1S/C13H18N2/c1-9-4-5-12-10(2)8-15(7-6-14)13(12)11(9)3/h4-5,8H,6-7,14H2,1-3H3. The van der Waals surface area contributed by atoms with E-state index in [2.05, 4.69) is 43.7 Å². The first-order valence-corrected chi connectivity index (χ1v) is 5.41. The van der Waals surface area contributed by atoms with Gasteiger partial charge in [0.15, 0.2) is 0 Å². The van der Waals surface area contributed by atoms with E-state index >= 15 is 0 Å². The van der Waals surface area contributed by atoms with E-state index in [1.807, 2.05) is 0 Å². The maximum absolute atomic E-state index is 5.63. The molecule has 2 nitrogen and oxygen atoms in total. The molecule has 1 heterocycles. The van der Waals surface area contributed by atoms with Crippen LogP contribution in [0, 0.1) is 20.8 Å². The van der Waals surface area contributed by atoms with Gasteiger partial charge in [-0.15, -0.1) is 0 Å². The Morgan fingerprint density at radius 2 is 1.87 bits per heavy atom. The second kappa shape index (κ2) is 3.70. The number of aryl methyl sites for hydroxylation is 3. The van der Waals surface area contributed by atoms with Gasteiger partial charge in [-0.2, -0.15) is 0 Å². The number of nitrogens with two attached hydrogens (primary N) is 1. The van der Waals surface area contributed by atoms with Crippen LogP contribution in [-0.2, 0) is 6.54 Å². The molecule has 0 spiro atoms. The highest BCUT2D eigenvalue weighted by atomic mass is 15.0. The summed E-state index contributed by atoms with van der Waals surface area (Å²) >= 11 is 0. The molecule has 2 N–H and O–H groups in total. The Morgan fingerprint density at radius 1 is 1.13 bits per heavy atom. The van der Waals surface area contributed by atoms with Crippen LogP contribution in [0.5, 0.6) is 0 Å². The number of nitrogens with zero attached hydrogens (tertiary/aromatic N) is 1. The third-order valence-electron chi connectivity index (χ3n) is 3.13. The van der Waals surface area contributed by atoms with Gasteiger partial charge in [-0.1, -0.05) is 12.1 Å². The SMILES string of the molecule is Cc1ccc2c(C)cn(CCN)c2c1C. The van der Waals surface area contributed by atoms with Crippen molar-refractivity contribution in [2.75, 3.05) is 6.54 Å². The van der Waals surface area contributed by atoms with Gasteiger partial charge in [0, 0.05) is 24.7 Å².